The van der Waals surface area contributed by atoms with Gasteiger partial charge in [0.25, 0.3) is 5.91 Å². The SMILES string of the molecule is O=C(NCCOc1ccccc1Cl)c1ccc(CN2CCOCC2)cc1. The molecule has 5 nitrogen and oxygen atoms in total. The maximum atomic E-state index is 12.2. The maximum Gasteiger partial charge on any atom is 0.251 e. The normalized spacial score (nSPS) is 14.8. The fourth-order valence-corrected chi connectivity index (χ4v) is 2.96. The molecule has 26 heavy (non-hydrogen) atoms. The first kappa shape index (κ1) is 18.7. The van der Waals surface area contributed by atoms with Crippen LogP contribution in [-0.2, 0) is 11.3 Å². The van der Waals surface area contributed by atoms with Crippen molar-refractivity contribution in [2.45, 2.75) is 6.54 Å². The quantitative estimate of drug-likeness (QED) is 0.757. The zero-order valence-electron chi connectivity index (χ0n) is 14.6. The van der Waals surface area contributed by atoms with Crippen LogP contribution < -0.4 is 10.1 Å². The van der Waals surface area contributed by atoms with Crippen LogP contribution in [0.5, 0.6) is 5.75 Å². The number of hydrogen-bond acceptors (Lipinski definition) is 4. The highest BCUT2D eigenvalue weighted by atomic mass is 35.5. The third kappa shape index (κ3) is 5.46. The molecule has 0 bridgehead atoms. The summed E-state index contributed by atoms with van der Waals surface area (Å²) in [6.07, 6.45) is 0. The standard InChI is InChI=1S/C20H23ClN2O3/c21-18-3-1-2-4-19(18)26-12-9-22-20(24)17-7-5-16(6-8-17)15-23-10-13-25-14-11-23/h1-8H,9-15H2,(H,22,24). The number of hydrogen-bond donors (Lipinski definition) is 1. The van der Waals surface area contributed by atoms with Crippen LogP contribution in [0.4, 0.5) is 0 Å². The van der Waals surface area contributed by atoms with Crippen molar-refractivity contribution in [2.24, 2.45) is 0 Å². The predicted octanol–water partition coefficient (Wildman–Crippen LogP) is 2.98. The van der Waals surface area contributed by atoms with Gasteiger partial charge in [-0.3, -0.25) is 9.69 Å². The molecule has 138 valence electrons. The van der Waals surface area contributed by atoms with Crippen LogP contribution in [0.15, 0.2) is 48.5 Å². The molecular weight excluding hydrogens is 352 g/mol. The van der Waals surface area contributed by atoms with Crippen molar-refractivity contribution in [3.05, 3.63) is 64.7 Å². The second-order valence-electron chi connectivity index (χ2n) is 6.12. The topological polar surface area (TPSA) is 50.8 Å². The minimum atomic E-state index is -0.106. The number of nitrogens with one attached hydrogen (secondary N) is 1. The van der Waals surface area contributed by atoms with Crippen LogP contribution >= 0.6 is 11.6 Å². The van der Waals surface area contributed by atoms with E-state index in [0.717, 1.165) is 32.8 Å². The molecular formula is C20H23ClN2O3. The van der Waals surface area contributed by atoms with E-state index in [9.17, 15) is 4.79 Å². The lowest BCUT2D eigenvalue weighted by Gasteiger charge is -2.26. The lowest BCUT2D eigenvalue weighted by Crippen LogP contribution is -2.35. The number of nitrogens with zero attached hydrogens (tertiary/aromatic N) is 1. The first-order valence-corrected chi connectivity index (χ1v) is 9.15. The summed E-state index contributed by atoms with van der Waals surface area (Å²) >= 11 is 6.02. The Hall–Kier alpha value is -2.08. The number of morpholine rings is 1. The summed E-state index contributed by atoms with van der Waals surface area (Å²) < 4.78 is 10.9. The number of rotatable bonds is 7. The number of benzene rings is 2. The Morgan fingerprint density at radius 3 is 2.58 bits per heavy atom. The number of para-hydroxylation sites is 1. The summed E-state index contributed by atoms with van der Waals surface area (Å²) in [6.45, 7) is 5.15. The van der Waals surface area contributed by atoms with E-state index in [-0.39, 0.29) is 5.91 Å². The van der Waals surface area contributed by atoms with Crippen LogP contribution in [-0.4, -0.2) is 50.3 Å². The third-order valence-corrected chi connectivity index (χ3v) is 4.52. The van der Waals surface area contributed by atoms with Gasteiger partial charge in [-0.1, -0.05) is 35.9 Å². The molecule has 0 aromatic heterocycles. The van der Waals surface area contributed by atoms with E-state index in [2.05, 4.69) is 10.2 Å². The van der Waals surface area contributed by atoms with Gasteiger partial charge in [0, 0.05) is 25.2 Å². The van der Waals surface area contributed by atoms with Crippen LogP contribution in [0, 0.1) is 0 Å². The Morgan fingerprint density at radius 1 is 1.12 bits per heavy atom. The van der Waals surface area contributed by atoms with Crippen LogP contribution in [0.1, 0.15) is 15.9 Å². The summed E-state index contributed by atoms with van der Waals surface area (Å²) in [7, 11) is 0. The van der Waals surface area contributed by atoms with Gasteiger partial charge >= 0.3 is 0 Å². The highest BCUT2D eigenvalue weighted by Gasteiger charge is 2.11. The second-order valence-corrected chi connectivity index (χ2v) is 6.53. The molecule has 1 fully saturated rings. The highest BCUT2D eigenvalue weighted by molar-refractivity contribution is 6.32. The molecule has 2 aromatic rings. The first-order chi connectivity index (χ1) is 12.7. The molecule has 1 amide bonds. The van der Waals surface area contributed by atoms with Crippen molar-refractivity contribution in [3.63, 3.8) is 0 Å². The molecule has 0 spiro atoms. The van der Waals surface area contributed by atoms with E-state index in [1.807, 2.05) is 36.4 Å². The molecule has 6 heteroatoms. The number of ether oxygens (including phenoxy) is 2. The largest absolute Gasteiger partial charge is 0.490 e. The Morgan fingerprint density at radius 2 is 1.85 bits per heavy atom. The zero-order chi connectivity index (χ0) is 18.2. The second kappa shape index (κ2) is 9.57. The van der Waals surface area contributed by atoms with E-state index in [1.54, 1.807) is 12.1 Å². The molecule has 1 saturated heterocycles. The molecule has 0 unspecified atom stereocenters. The van der Waals surface area contributed by atoms with Gasteiger partial charge in [0.2, 0.25) is 0 Å². The zero-order valence-corrected chi connectivity index (χ0v) is 15.4. The molecule has 1 heterocycles. The lowest BCUT2D eigenvalue weighted by atomic mass is 10.1. The smallest absolute Gasteiger partial charge is 0.251 e. The average Bonchev–Trinajstić information content (AvgIpc) is 2.68. The van der Waals surface area contributed by atoms with Gasteiger partial charge in [-0.2, -0.15) is 0 Å². The van der Waals surface area contributed by atoms with Gasteiger partial charge in [0.05, 0.1) is 24.8 Å². The minimum Gasteiger partial charge on any atom is -0.490 e. The fourth-order valence-electron chi connectivity index (χ4n) is 2.77. The number of halogens is 1. The summed E-state index contributed by atoms with van der Waals surface area (Å²) in [6, 6.07) is 15.0. The van der Waals surface area contributed by atoms with Crippen molar-refractivity contribution in [3.8, 4) is 5.75 Å². The first-order valence-electron chi connectivity index (χ1n) is 8.77. The lowest BCUT2D eigenvalue weighted by molar-refractivity contribution is 0.0342. The summed E-state index contributed by atoms with van der Waals surface area (Å²) in [5.41, 5.74) is 1.85. The van der Waals surface area contributed by atoms with E-state index in [4.69, 9.17) is 21.1 Å². The fraction of sp³-hybridized carbons (Fsp3) is 0.350. The molecule has 0 saturated carbocycles. The molecule has 1 N–H and O–H groups in total. The molecule has 0 aliphatic carbocycles. The predicted molar refractivity (Wildman–Crippen MR) is 102 cm³/mol. The summed E-state index contributed by atoms with van der Waals surface area (Å²) in [5, 5.41) is 3.42. The molecule has 0 atom stereocenters. The Labute approximate surface area is 158 Å². The van der Waals surface area contributed by atoms with Gasteiger partial charge in [-0.05, 0) is 29.8 Å². The van der Waals surface area contributed by atoms with Gasteiger partial charge in [-0.15, -0.1) is 0 Å². The number of carbonyl (C=O) groups excluding carboxylic acids is 1. The van der Waals surface area contributed by atoms with E-state index >= 15 is 0 Å². The van der Waals surface area contributed by atoms with Crippen molar-refractivity contribution < 1.29 is 14.3 Å². The van der Waals surface area contributed by atoms with Gasteiger partial charge in [0.1, 0.15) is 12.4 Å². The Kier molecular flexibility index (Phi) is 6.89. The summed E-state index contributed by atoms with van der Waals surface area (Å²) in [5.74, 6) is 0.515. The Balaban J connectivity index is 1.42. The highest BCUT2D eigenvalue weighted by Crippen LogP contribution is 2.22. The minimum absolute atomic E-state index is 0.106. The van der Waals surface area contributed by atoms with Crippen LogP contribution in [0.3, 0.4) is 0 Å². The van der Waals surface area contributed by atoms with Crippen LogP contribution in [0.2, 0.25) is 5.02 Å². The monoisotopic (exact) mass is 374 g/mol. The Bertz CT molecular complexity index is 715. The molecule has 0 radical (unpaired) electrons. The van der Waals surface area contributed by atoms with E-state index in [1.165, 1.54) is 5.56 Å². The van der Waals surface area contributed by atoms with Gasteiger partial charge < -0.3 is 14.8 Å². The van der Waals surface area contributed by atoms with Crippen molar-refractivity contribution in [2.75, 3.05) is 39.5 Å². The average molecular weight is 375 g/mol. The van der Waals surface area contributed by atoms with Crippen LogP contribution in [0.25, 0.3) is 0 Å². The molecule has 1 aliphatic rings. The number of amides is 1. The van der Waals surface area contributed by atoms with Crippen molar-refractivity contribution >= 4 is 17.5 Å². The van der Waals surface area contributed by atoms with E-state index in [0.29, 0.717) is 29.5 Å². The van der Waals surface area contributed by atoms with Gasteiger partial charge in [0.15, 0.2) is 0 Å². The van der Waals surface area contributed by atoms with Crippen molar-refractivity contribution in [1.82, 2.24) is 10.2 Å². The maximum absolute atomic E-state index is 12.2. The van der Waals surface area contributed by atoms with Gasteiger partial charge in [-0.25, -0.2) is 0 Å². The molecule has 2 aromatic carbocycles. The number of carbonyl (C=O) groups is 1. The molecule has 1 aliphatic heterocycles. The third-order valence-electron chi connectivity index (χ3n) is 4.21. The van der Waals surface area contributed by atoms with E-state index < -0.39 is 0 Å². The summed E-state index contributed by atoms with van der Waals surface area (Å²) in [4.78, 5) is 14.6. The molecule has 3 rings (SSSR count). The van der Waals surface area contributed by atoms with Crippen molar-refractivity contribution in [1.29, 1.82) is 0 Å².